The fraction of sp³-hybridized carbons (Fsp3) is 0.429. The van der Waals surface area contributed by atoms with Crippen LogP contribution in [-0.2, 0) is 9.59 Å². The molecule has 6 nitrogen and oxygen atoms in total. The molecule has 0 spiro atoms. The molecule has 0 aliphatic carbocycles. The number of carbonyl (C=O) groups is 2. The van der Waals surface area contributed by atoms with E-state index in [0.717, 1.165) is 0 Å². The van der Waals surface area contributed by atoms with E-state index in [4.69, 9.17) is 21.4 Å². The Morgan fingerprint density at radius 1 is 1.38 bits per heavy atom. The summed E-state index contributed by atoms with van der Waals surface area (Å²) in [6, 6.07) is 6.91. The first-order valence-electron chi connectivity index (χ1n) is 6.38. The van der Waals surface area contributed by atoms with E-state index >= 15 is 0 Å². The summed E-state index contributed by atoms with van der Waals surface area (Å²) in [6.07, 6.45) is -0.363. The van der Waals surface area contributed by atoms with Crippen LogP contribution >= 0.6 is 11.6 Å². The molecule has 1 unspecified atom stereocenters. The molecule has 0 aliphatic rings. The molecule has 3 N–H and O–H groups in total. The number of hydrogen-bond donors (Lipinski definition) is 3. The number of hydrogen-bond acceptors (Lipinski definition) is 4. The molecule has 1 aromatic rings. The maximum absolute atomic E-state index is 11.6. The molecule has 0 bridgehead atoms. The van der Waals surface area contributed by atoms with Crippen LogP contribution in [0.5, 0.6) is 5.75 Å². The molecule has 0 saturated heterocycles. The summed E-state index contributed by atoms with van der Waals surface area (Å²) in [4.78, 5) is 22.1. The Labute approximate surface area is 127 Å². The van der Waals surface area contributed by atoms with Crippen molar-refractivity contribution in [2.45, 2.75) is 25.4 Å². The van der Waals surface area contributed by atoms with Crippen molar-refractivity contribution in [1.29, 1.82) is 0 Å². The van der Waals surface area contributed by atoms with Crippen LogP contribution in [-0.4, -0.2) is 40.8 Å². The van der Waals surface area contributed by atoms with Gasteiger partial charge in [-0.25, -0.2) is 0 Å². The lowest BCUT2D eigenvalue weighted by molar-refractivity contribution is -0.142. The molecule has 0 aliphatic heterocycles. The second kappa shape index (κ2) is 7.85. The highest BCUT2D eigenvalue weighted by atomic mass is 35.5. The maximum atomic E-state index is 11.6. The number of aliphatic hydroxyl groups is 1. The minimum Gasteiger partial charge on any atom is -0.491 e. The normalized spacial score (nSPS) is 13.3. The number of halogens is 1. The van der Waals surface area contributed by atoms with Gasteiger partial charge in [-0.05, 0) is 19.1 Å². The Kier molecular flexibility index (Phi) is 6.45. The standard InChI is InChI=1S/C14H18ClNO5/c1-14(20,8-13(18)19)9-16-12(17)6-7-21-11-5-3-2-4-10(11)15/h2-5,20H,6-9H2,1H3,(H,16,17)(H,18,19). The molecule has 1 rings (SSSR count). The number of carboxylic acid groups (broad SMARTS) is 1. The zero-order valence-electron chi connectivity index (χ0n) is 11.6. The van der Waals surface area contributed by atoms with E-state index in [2.05, 4.69) is 5.32 Å². The minimum atomic E-state index is -1.48. The summed E-state index contributed by atoms with van der Waals surface area (Å²) < 4.78 is 5.35. The highest BCUT2D eigenvalue weighted by molar-refractivity contribution is 6.32. The molecular formula is C14H18ClNO5. The van der Waals surface area contributed by atoms with Crippen LogP contribution in [0.15, 0.2) is 24.3 Å². The Balaban J connectivity index is 2.29. The number of rotatable bonds is 8. The van der Waals surface area contributed by atoms with Crippen LogP contribution < -0.4 is 10.1 Å². The van der Waals surface area contributed by atoms with Crippen LogP contribution in [0, 0.1) is 0 Å². The largest absolute Gasteiger partial charge is 0.491 e. The van der Waals surface area contributed by atoms with Gasteiger partial charge < -0.3 is 20.3 Å². The second-order valence-electron chi connectivity index (χ2n) is 4.87. The highest BCUT2D eigenvalue weighted by Crippen LogP contribution is 2.23. The van der Waals surface area contributed by atoms with Gasteiger partial charge in [0.1, 0.15) is 5.75 Å². The van der Waals surface area contributed by atoms with Crippen LogP contribution in [0.2, 0.25) is 5.02 Å². The number of amides is 1. The Morgan fingerprint density at radius 3 is 2.67 bits per heavy atom. The molecular weight excluding hydrogens is 298 g/mol. The van der Waals surface area contributed by atoms with Gasteiger partial charge in [0.2, 0.25) is 5.91 Å². The molecule has 21 heavy (non-hydrogen) atoms. The average molecular weight is 316 g/mol. The topological polar surface area (TPSA) is 95.9 Å². The SMILES string of the molecule is CC(O)(CNC(=O)CCOc1ccccc1Cl)CC(=O)O. The van der Waals surface area contributed by atoms with Crippen molar-refractivity contribution in [3.8, 4) is 5.75 Å². The summed E-state index contributed by atoms with van der Waals surface area (Å²) in [6.45, 7) is 1.35. The molecule has 1 aromatic carbocycles. The monoisotopic (exact) mass is 315 g/mol. The van der Waals surface area contributed by atoms with Gasteiger partial charge in [-0.2, -0.15) is 0 Å². The number of carboxylic acids is 1. The number of nitrogens with one attached hydrogen (secondary N) is 1. The lowest BCUT2D eigenvalue weighted by atomic mass is 10.0. The molecule has 116 valence electrons. The molecule has 7 heteroatoms. The van der Waals surface area contributed by atoms with E-state index in [1.807, 2.05) is 0 Å². The van der Waals surface area contributed by atoms with Crippen molar-refractivity contribution in [3.05, 3.63) is 29.3 Å². The highest BCUT2D eigenvalue weighted by Gasteiger charge is 2.24. The molecule has 1 amide bonds. The minimum absolute atomic E-state index is 0.0778. The van der Waals surface area contributed by atoms with E-state index in [-0.39, 0.29) is 25.5 Å². The van der Waals surface area contributed by atoms with Crippen molar-refractivity contribution in [1.82, 2.24) is 5.32 Å². The van der Waals surface area contributed by atoms with Crippen molar-refractivity contribution < 1.29 is 24.5 Å². The van der Waals surface area contributed by atoms with Gasteiger partial charge in [0.25, 0.3) is 0 Å². The van der Waals surface area contributed by atoms with Gasteiger partial charge in [-0.1, -0.05) is 23.7 Å². The lowest BCUT2D eigenvalue weighted by Crippen LogP contribution is -2.42. The fourth-order valence-electron chi connectivity index (χ4n) is 1.58. The van der Waals surface area contributed by atoms with Crippen LogP contribution in [0.4, 0.5) is 0 Å². The van der Waals surface area contributed by atoms with E-state index in [1.54, 1.807) is 24.3 Å². The number of ether oxygens (including phenoxy) is 1. The van der Waals surface area contributed by atoms with E-state index in [9.17, 15) is 14.7 Å². The molecule has 0 radical (unpaired) electrons. The fourth-order valence-corrected chi connectivity index (χ4v) is 1.77. The number of benzene rings is 1. The molecule has 1 atom stereocenters. The Hall–Kier alpha value is -1.79. The van der Waals surface area contributed by atoms with Crippen molar-refractivity contribution in [2.75, 3.05) is 13.2 Å². The van der Waals surface area contributed by atoms with Gasteiger partial charge >= 0.3 is 5.97 Å². The van der Waals surface area contributed by atoms with Crippen LogP contribution in [0.25, 0.3) is 0 Å². The zero-order chi connectivity index (χ0) is 15.9. The predicted molar refractivity (Wildman–Crippen MR) is 77.5 cm³/mol. The summed E-state index contributed by atoms with van der Waals surface area (Å²) in [5.41, 5.74) is -1.48. The summed E-state index contributed by atoms with van der Waals surface area (Å²) in [5, 5.41) is 21.3. The van der Waals surface area contributed by atoms with Gasteiger partial charge in [0.05, 0.1) is 30.1 Å². The Morgan fingerprint density at radius 2 is 2.05 bits per heavy atom. The Bertz CT molecular complexity index is 504. The molecule has 0 saturated carbocycles. The summed E-state index contributed by atoms with van der Waals surface area (Å²) in [7, 11) is 0. The first-order chi connectivity index (χ1) is 9.80. The third kappa shape index (κ3) is 6.97. The smallest absolute Gasteiger partial charge is 0.306 e. The van der Waals surface area contributed by atoms with E-state index in [1.165, 1.54) is 6.92 Å². The van der Waals surface area contributed by atoms with Crippen molar-refractivity contribution >= 4 is 23.5 Å². The predicted octanol–water partition coefficient (Wildman–Crippen LogP) is 1.45. The molecule has 0 aromatic heterocycles. The number of para-hydroxylation sites is 1. The van der Waals surface area contributed by atoms with Gasteiger partial charge in [-0.15, -0.1) is 0 Å². The molecule has 0 heterocycles. The van der Waals surface area contributed by atoms with Gasteiger partial charge in [-0.3, -0.25) is 9.59 Å². The average Bonchev–Trinajstić information content (AvgIpc) is 2.37. The molecule has 0 fully saturated rings. The first kappa shape index (κ1) is 17.3. The zero-order valence-corrected chi connectivity index (χ0v) is 12.4. The lowest BCUT2D eigenvalue weighted by Gasteiger charge is -2.21. The van der Waals surface area contributed by atoms with Crippen LogP contribution in [0.3, 0.4) is 0 Å². The van der Waals surface area contributed by atoms with E-state index in [0.29, 0.717) is 10.8 Å². The third-order valence-corrected chi connectivity index (χ3v) is 2.93. The number of carbonyl (C=O) groups excluding carboxylic acids is 1. The van der Waals surface area contributed by atoms with Crippen molar-refractivity contribution in [2.24, 2.45) is 0 Å². The quantitative estimate of drug-likeness (QED) is 0.675. The summed E-state index contributed by atoms with van der Waals surface area (Å²) >= 11 is 5.89. The number of aliphatic carboxylic acids is 1. The summed E-state index contributed by atoms with van der Waals surface area (Å²) in [5.74, 6) is -0.978. The third-order valence-electron chi connectivity index (χ3n) is 2.62. The van der Waals surface area contributed by atoms with E-state index < -0.39 is 18.0 Å². The van der Waals surface area contributed by atoms with Crippen molar-refractivity contribution in [3.63, 3.8) is 0 Å². The first-order valence-corrected chi connectivity index (χ1v) is 6.76. The van der Waals surface area contributed by atoms with Gasteiger partial charge in [0.15, 0.2) is 0 Å². The van der Waals surface area contributed by atoms with Crippen LogP contribution in [0.1, 0.15) is 19.8 Å². The second-order valence-corrected chi connectivity index (χ2v) is 5.28. The maximum Gasteiger partial charge on any atom is 0.306 e. The van der Waals surface area contributed by atoms with Gasteiger partial charge in [0, 0.05) is 6.54 Å².